The zero-order valence-corrected chi connectivity index (χ0v) is 20.2. The van der Waals surface area contributed by atoms with Gasteiger partial charge in [0.05, 0.1) is 35.0 Å². The molecule has 3 atom stereocenters. The van der Waals surface area contributed by atoms with E-state index in [-0.39, 0.29) is 24.3 Å². The fraction of sp³-hybridized carbons (Fsp3) is 0.654. The third-order valence-electron chi connectivity index (χ3n) is 9.12. The van der Waals surface area contributed by atoms with E-state index in [4.69, 9.17) is 16.0 Å². The Bertz CT molecular complexity index is 1080. The molecule has 4 saturated carbocycles. The van der Waals surface area contributed by atoms with Crippen molar-refractivity contribution in [3.05, 3.63) is 23.9 Å². The van der Waals surface area contributed by atoms with Crippen LogP contribution in [0.5, 0.6) is 0 Å². The first-order valence-corrected chi connectivity index (χ1v) is 12.6. The molecule has 0 radical (unpaired) electrons. The minimum atomic E-state index is -0.669. The van der Waals surface area contributed by atoms with Crippen LogP contribution in [0.2, 0.25) is 0 Å². The van der Waals surface area contributed by atoms with Gasteiger partial charge in [0.2, 0.25) is 0 Å². The Balaban J connectivity index is 1.31. The number of hydrogen-bond donors (Lipinski definition) is 2. The number of nitrogens with zero attached hydrogens (tertiary/aromatic N) is 6. The van der Waals surface area contributed by atoms with Crippen molar-refractivity contribution in [2.24, 2.45) is 33.9 Å². The summed E-state index contributed by atoms with van der Waals surface area (Å²) in [4.78, 5) is 26.0. The Kier molecular flexibility index (Phi) is 5.93. The maximum Gasteiger partial charge on any atom is 0.309 e. The summed E-state index contributed by atoms with van der Waals surface area (Å²) >= 11 is 0. The monoisotopic (exact) mass is 475 g/mol. The van der Waals surface area contributed by atoms with Gasteiger partial charge in [0.1, 0.15) is 17.7 Å². The SMILES string of the molecule is CC(CC#N)(C(N)=NC1C2CC3CC1CC(C(=O)O)(C3)C2)N1CCN(c2ccc(C#N)cn2)CC1. The fourth-order valence-corrected chi connectivity index (χ4v) is 7.36. The normalized spacial score (nSPS) is 34.1. The number of nitriles is 2. The summed E-state index contributed by atoms with van der Waals surface area (Å²) in [5, 5.41) is 28.6. The molecular weight excluding hydrogens is 442 g/mol. The smallest absolute Gasteiger partial charge is 0.309 e. The quantitative estimate of drug-likeness (QED) is 0.472. The molecule has 0 amide bonds. The molecule has 3 N–H and O–H groups in total. The number of nitrogens with two attached hydrogens (primary N) is 1. The van der Waals surface area contributed by atoms with Crippen molar-refractivity contribution in [2.45, 2.75) is 57.0 Å². The number of piperazine rings is 1. The van der Waals surface area contributed by atoms with Gasteiger partial charge >= 0.3 is 5.97 Å². The molecule has 0 aromatic carbocycles. The number of anilines is 1. The van der Waals surface area contributed by atoms with E-state index in [2.05, 4.69) is 26.9 Å². The first-order valence-electron chi connectivity index (χ1n) is 12.6. The summed E-state index contributed by atoms with van der Waals surface area (Å²) in [7, 11) is 0. The van der Waals surface area contributed by atoms with Crippen molar-refractivity contribution in [3.63, 3.8) is 0 Å². The van der Waals surface area contributed by atoms with Gasteiger partial charge in [-0.25, -0.2) is 4.98 Å². The van der Waals surface area contributed by atoms with Gasteiger partial charge in [-0.3, -0.25) is 14.7 Å². The highest BCUT2D eigenvalue weighted by atomic mass is 16.4. The van der Waals surface area contributed by atoms with Crippen molar-refractivity contribution in [1.82, 2.24) is 9.88 Å². The fourth-order valence-electron chi connectivity index (χ4n) is 7.36. The number of aliphatic carboxylic acids is 1. The zero-order valence-electron chi connectivity index (χ0n) is 20.2. The Morgan fingerprint density at radius 3 is 2.46 bits per heavy atom. The summed E-state index contributed by atoms with van der Waals surface area (Å²) in [6.07, 6.45) is 6.12. The number of aromatic nitrogens is 1. The summed E-state index contributed by atoms with van der Waals surface area (Å²) in [6, 6.07) is 8.13. The molecule has 9 heteroatoms. The molecule has 3 unspecified atom stereocenters. The zero-order chi connectivity index (χ0) is 24.8. The van der Waals surface area contributed by atoms with Crippen molar-refractivity contribution in [1.29, 1.82) is 10.5 Å². The van der Waals surface area contributed by atoms with Crippen molar-refractivity contribution in [2.75, 3.05) is 31.1 Å². The molecule has 184 valence electrons. The lowest BCUT2D eigenvalue weighted by atomic mass is 9.48. The second-order valence-corrected chi connectivity index (χ2v) is 11.2. The second-order valence-electron chi connectivity index (χ2n) is 11.2. The highest BCUT2D eigenvalue weighted by molar-refractivity contribution is 5.90. The third-order valence-corrected chi connectivity index (χ3v) is 9.12. The molecule has 5 fully saturated rings. The average molecular weight is 476 g/mol. The summed E-state index contributed by atoms with van der Waals surface area (Å²) in [5.41, 5.74) is 6.01. The van der Waals surface area contributed by atoms with Crippen LogP contribution in [0.15, 0.2) is 23.3 Å². The van der Waals surface area contributed by atoms with Gasteiger partial charge in [-0.2, -0.15) is 10.5 Å². The van der Waals surface area contributed by atoms with Crippen molar-refractivity contribution < 1.29 is 9.90 Å². The van der Waals surface area contributed by atoms with Crippen LogP contribution in [0.3, 0.4) is 0 Å². The van der Waals surface area contributed by atoms with Gasteiger partial charge in [-0.15, -0.1) is 0 Å². The topological polar surface area (TPSA) is 143 Å². The van der Waals surface area contributed by atoms with Crippen LogP contribution >= 0.6 is 0 Å². The molecule has 9 nitrogen and oxygen atoms in total. The van der Waals surface area contributed by atoms with E-state index in [0.717, 1.165) is 51.3 Å². The molecule has 35 heavy (non-hydrogen) atoms. The Morgan fingerprint density at radius 1 is 1.23 bits per heavy atom. The lowest BCUT2D eigenvalue weighted by Crippen LogP contribution is -2.62. The average Bonchev–Trinajstić information content (AvgIpc) is 2.86. The van der Waals surface area contributed by atoms with Crippen LogP contribution in [0.4, 0.5) is 5.82 Å². The lowest BCUT2D eigenvalue weighted by molar-refractivity contribution is -0.166. The maximum absolute atomic E-state index is 12.1. The Morgan fingerprint density at radius 2 is 1.91 bits per heavy atom. The van der Waals surface area contributed by atoms with E-state index in [1.165, 1.54) is 0 Å². The van der Waals surface area contributed by atoms with E-state index in [1.54, 1.807) is 12.3 Å². The molecule has 1 aliphatic heterocycles. The number of carbonyl (C=O) groups is 1. The highest BCUT2D eigenvalue weighted by Gasteiger charge is 2.59. The molecule has 4 bridgehead atoms. The van der Waals surface area contributed by atoms with Crippen LogP contribution in [-0.4, -0.2) is 64.6 Å². The molecule has 6 rings (SSSR count). The minimum Gasteiger partial charge on any atom is -0.481 e. The summed E-state index contributed by atoms with van der Waals surface area (Å²) < 4.78 is 0. The molecule has 4 aliphatic carbocycles. The minimum absolute atomic E-state index is 0.0566. The van der Waals surface area contributed by atoms with E-state index in [0.29, 0.717) is 30.2 Å². The second kappa shape index (κ2) is 8.80. The van der Waals surface area contributed by atoms with E-state index >= 15 is 0 Å². The van der Waals surface area contributed by atoms with Crippen molar-refractivity contribution >= 4 is 17.6 Å². The Hall–Kier alpha value is -3.17. The number of pyridine rings is 1. The van der Waals surface area contributed by atoms with Gasteiger partial charge in [0, 0.05) is 32.4 Å². The molecule has 2 heterocycles. The molecular formula is C26H33N7O2. The molecule has 1 saturated heterocycles. The van der Waals surface area contributed by atoms with Gasteiger partial charge in [-0.1, -0.05) is 0 Å². The molecule has 5 aliphatic rings. The lowest BCUT2D eigenvalue weighted by Gasteiger charge is -2.57. The third kappa shape index (κ3) is 4.02. The number of hydrogen-bond acceptors (Lipinski definition) is 7. The summed E-state index contributed by atoms with van der Waals surface area (Å²) in [6.45, 7) is 4.94. The highest BCUT2D eigenvalue weighted by Crippen LogP contribution is 2.61. The van der Waals surface area contributed by atoms with E-state index in [1.807, 2.05) is 13.0 Å². The predicted molar refractivity (Wildman–Crippen MR) is 130 cm³/mol. The van der Waals surface area contributed by atoms with Gasteiger partial charge in [-0.05, 0) is 68.9 Å². The summed E-state index contributed by atoms with van der Waals surface area (Å²) in [5.74, 6) is 1.73. The van der Waals surface area contributed by atoms with E-state index < -0.39 is 16.9 Å². The van der Waals surface area contributed by atoms with Crippen LogP contribution in [0.1, 0.15) is 51.0 Å². The molecule has 0 spiro atoms. The number of rotatable bonds is 6. The first kappa shape index (κ1) is 23.6. The maximum atomic E-state index is 12.1. The van der Waals surface area contributed by atoms with E-state index in [9.17, 15) is 15.2 Å². The first-order chi connectivity index (χ1) is 16.8. The number of amidine groups is 1. The largest absolute Gasteiger partial charge is 0.481 e. The standard InChI is InChI=1S/C26H33N7O2/c1-25(4-5-27,33-8-6-32(7-9-33)21-3-2-17(15-28)16-30-21)23(29)31-22-19-10-18-11-20(22)14-26(12-18,13-19)24(34)35/h2-3,16,18-20,22H,4,6-14H2,1H3,(H2,29,31)(H,34,35). The van der Waals surface area contributed by atoms with Gasteiger partial charge < -0.3 is 15.7 Å². The number of carboxylic acid groups (broad SMARTS) is 1. The van der Waals surface area contributed by atoms with Gasteiger partial charge in [0.25, 0.3) is 0 Å². The number of carboxylic acids is 1. The van der Waals surface area contributed by atoms with Crippen LogP contribution in [0.25, 0.3) is 0 Å². The van der Waals surface area contributed by atoms with Crippen LogP contribution < -0.4 is 10.6 Å². The van der Waals surface area contributed by atoms with Gasteiger partial charge in [0.15, 0.2) is 0 Å². The molecule has 1 aromatic rings. The molecule has 1 aromatic heterocycles. The van der Waals surface area contributed by atoms with Crippen molar-refractivity contribution in [3.8, 4) is 12.1 Å². The predicted octanol–water partition coefficient (Wildman–Crippen LogP) is 2.38. The van der Waals surface area contributed by atoms with Crippen LogP contribution in [-0.2, 0) is 4.79 Å². The Labute approximate surface area is 206 Å². The number of aliphatic imine (C=N–C) groups is 1. The van der Waals surface area contributed by atoms with Crippen LogP contribution in [0, 0.1) is 45.8 Å².